The van der Waals surface area contributed by atoms with E-state index in [9.17, 15) is 9.90 Å². The zero-order valence-corrected chi connectivity index (χ0v) is 18.3. The minimum atomic E-state index is -0.521. The zero-order valence-electron chi connectivity index (χ0n) is 17.5. The number of nitrogens with zero attached hydrogens (tertiary/aromatic N) is 1. The number of likely N-dealkylation sites (tertiary alicyclic amines) is 1. The largest absolute Gasteiger partial charge is 0.459 e. The van der Waals surface area contributed by atoms with E-state index in [1.54, 1.807) is 0 Å². The van der Waals surface area contributed by atoms with Gasteiger partial charge in [-0.05, 0) is 54.2 Å². The summed E-state index contributed by atoms with van der Waals surface area (Å²) in [5, 5.41) is 9.89. The van der Waals surface area contributed by atoms with Gasteiger partial charge in [0.25, 0.3) is 5.91 Å². The first-order valence-electron chi connectivity index (χ1n) is 10.9. The normalized spacial score (nSPS) is 21.4. The number of halogens is 1. The number of rotatable bonds is 6. The minimum Gasteiger partial charge on any atom is -0.459 e. The number of carbonyl (C=O) groups is 1. The van der Waals surface area contributed by atoms with Gasteiger partial charge >= 0.3 is 0 Å². The van der Waals surface area contributed by atoms with Gasteiger partial charge in [-0.3, -0.25) is 4.79 Å². The van der Waals surface area contributed by atoms with Crippen LogP contribution in [0.1, 0.15) is 48.3 Å². The van der Waals surface area contributed by atoms with Crippen molar-refractivity contribution in [3.05, 3.63) is 82.1 Å². The molecule has 0 aromatic heterocycles. The molecule has 1 N–H and O–H groups in total. The van der Waals surface area contributed by atoms with Crippen molar-refractivity contribution in [1.82, 2.24) is 4.90 Å². The molecule has 2 heterocycles. The van der Waals surface area contributed by atoms with Crippen molar-refractivity contribution >= 4 is 17.5 Å². The third-order valence-electron chi connectivity index (χ3n) is 5.85. The molecule has 6 heteroatoms. The third-order valence-corrected chi connectivity index (χ3v) is 6.10. The molecule has 2 aromatic carbocycles. The van der Waals surface area contributed by atoms with Crippen LogP contribution >= 0.6 is 11.6 Å². The van der Waals surface area contributed by atoms with Crippen molar-refractivity contribution in [2.45, 2.75) is 51.1 Å². The molecule has 0 radical (unpaired) electrons. The van der Waals surface area contributed by atoms with E-state index >= 15 is 0 Å². The smallest absolute Gasteiger partial charge is 0.288 e. The number of allylic oxidation sites excluding steroid dienone is 1. The van der Waals surface area contributed by atoms with E-state index < -0.39 is 6.29 Å². The Bertz CT molecular complexity index is 904. The standard InChI is InChI=1S/C25H28ClNO4/c26-22-10-8-20(9-11-22)21-14-23(25(29)27-12-2-1-3-13-27)31-24(15-21)30-17-19-6-4-18(16-28)5-7-19/h4-11,14,21,24,28H,1-3,12-13,15-17H2/t21-,24+/m0/s1. The molecule has 0 aliphatic carbocycles. The predicted molar refractivity (Wildman–Crippen MR) is 119 cm³/mol. The molecule has 1 amide bonds. The van der Waals surface area contributed by atoms with Gasteiger partial charge in [0.15, 0.2) is 5.76 Å². The van der Waals surface area contributed by atoms with Crippen LogP contribution in [0.25, 0.3) is 0 Å². The molecule has 2 aromatic rings. The van der Waals surface area contributed by atoms with Gasteiger partial charge in [-0.2, -0.15) is 0 Å². The predicted octanol–water partition coefficient (Wildman–Crippen LogP) is 4.78. The third kappa shape index (κ3) is 5.67. The zero-order chi connectivity index (χ0) is 21.6. The fourth-order valence-corrected chi connectivity index (χ4v) is 4.16. The van der Waals surface area contributed by atoms with Gasteiger partial charge in [-0.25, -0.2) is 0 Å². The Morgan fingerprint density at radius 1 is 1.03 bits per heavy atom. The van der Waals surface area contributed by atoms with Crippen molar-refractivity contribution in [3.8, 4) is 0 Å². The molecular formula is C25H28ClNO4. The number of hydrogen-bond acceptors (Lipinski definition) is 4. The Morgan fingerprint density at radius 2 is 1.71 bits per heavy atom. The topological polar surface area (TPSA) is 59.0 Å². The van der Waals surface area contributed by atoms with Crippen LogP contribution in [0.15, 0.2) is 60.4 Å². The number of ether oxygens (including phenoxy) is 2. The molecule has 164 valence electrons. The number of piperidine rings is 1. The molecule has 1 saturated heterocycles. The summed E-state index contributed by atoms with van der Waals surface area (Å²) >= 11 is 6.06. The van der Waals surface area contributed by atoms with E-state index in [2.05, 4.69) is 0 Å². The second-order valence-corrected chi connectivity index (χ2v) is 8.55. The van der Waals surface area contributed by atoms with Crippen LogP contribution in [0.5, 0.6) is 0 Å². The van der Waals surface area contributed by atoms with Crippen molar-refractivity contribution in [3.63, 3.8) is 0 Å². The lowest BCUT2D eigenvalue weighted by Crippen LogP contribution is -2.39. The van der Waals surface area contributed by atoms with E-state index in [-0.39, 0.29) is 18.4 Å². The van der Waals surface area contributed by atoms with Crippen LogP contribution < -0.4 is 0 Å². The highest BCUT2D eigenvalue weighted by atomic mass is 35.5. The average Bonchev–Trinajstić information content (AvgIpc) is 2.83. The Hall–Kier alpha value is -2.34. The maximum absolute atomic E-state index is 13.1. The first-order chi connectivity index (χ1) is 15.1. The van der Waals surface area contributed by atoms with Crippen LogP contribution in [0.4, 0.5) is 0 Å². The second kappa shape index (κ2) is 10.3. The molecule has 4 rings (SSSR count). The van der Waals surface area contributed by atoms with E-state index in [0.29, 0.717) is 23.8 Å². The van der Waals surface area contributed by atoms with Gasteiger partial charge in [0, 0.05) is 30.5 Å². The second-order valence-electron chi connectivity index (χ2n) is 8.11. The fourth-order valence-electron chi connectivity index (χ4n) is 4.04. The maximum atomic E-state index is 13.1. The number of aliphatic hydroxyl groups is 1. The van der Waals surface area contributed by atoms with Crippen LogP contribution in [0, 0.1) is 0 Å². The van der Waals surface area contributed by atoms with Crippen LogP contribution in [0.2, 0.25) is 5.02 Å². The summed E-state index contributed by atoms with van der Waals surface area (Å²) in [4.78, 5) is 15.0. The highest BCUT2D eigenvalue weighted by Crippen LogP contribution is 2.33. The fraction of sp³-hybridized carbons (Fsp3) is 0.400. The molecule has 5 nitrogen and oxygen atoms in total. The number of aliphatic hydroxyl groups excluding tert-OH is 1. The highest BCUT2D eigenvalue weighted by Gasteiger charge is 2.31. The Kier molecular flexibility index (Phi) is 7.28. The van der Waals surface area contributed by atoms with Gasteiger partial charge < -0.3 is 19.5 Å². The number of benzene rings is 2. The molecule has 2 aliphatic heterocycles. The summed E-state index contributed by atoms with van der Waals surface area (Å²) in [6, 6.07) is 15.3. The van der Waals surface area contributed by atoms with E-state index in [0.717, 1.165) is 49.0 Å². The van der Waals surface area contributed by atoms with Gasteiger partial charge in [0.05, 0.1) is 13.2 Å². The molecule has 0 bridgehead atoms. The number of amides is 1. The van der Waals surface area contributed by atoms with E-state index in [4.69, 9.17) is 21.1 Å². The van der Waals surface area contributed by atoms with E-state index in [1.807, 2.05) is 59.5 Å². The molecule has 2 atom stereocenters. The van der Waals surface area contributed by atoms with Crippen molar-refractivity contribution in [2.75, 3.05) is 13.1 Å². The summed E-state index contributed by atoms with van der Waals surface area (Å²) < 4.78 is 12.1. The summed E-state index contributed by atoms with van der Waals surface area (Å²) in [7, 11) is 0. The van der Waals surface area contributed by atoms with Crippen LogP contribution in [-0.4, -0.2) is 35.3 Å². The highest BCUT2D eigenvalue weighted by molar-refractivity contribution is 6.30. The Morgan fingerprint density at radius 3 is 2.39 bits per heavy atom. The molecule has 0 spiro atoms. The molecule has 0 saturated carbocycles. The summed E-state index contributed by atoms with van der Waals surface area (Å²) in [6.45, 7) is 1.93. The molecule has 31 heavy (non-hydrogen) atoms. The van der Waals surface area contributed by atoms with Gasteiger partial charge in [0.1, 0.15) is 0 Å². The summed E-state index contributed by atoms with van der Waals surface area (Å²) in [5.74, 6) is 0.324. The van der Waals surface area contributed by atoms with Gasteiger partial charge in [0.2, 0.25) is 6.29 Å². The van der Waals surface area contributed by atoms with Crippen molar-refractivity contribution in [1.29, 1.82) is 0 Å². The lowest BCUT2D eigenvalue weighted by molar-refractivity contribution is -0.156. The molecular weight excluding hydrogens is 414 g/mol. The number of carbonyl (C=O) groups excluding carboxylic acids is 1. The van der Waals surface area contributed by atoms with Crippen molar-refractivity contribution < 1.29 is 19.4 Å². The average molecular weight is 442 g/mol. The lowest BCUT2D eigenvalue weighted by Gasteiger charge is -2.33. The molecule has 2 aliphatic rings. The SMILES string of the molecule is O=C(C1=C[C@H](c2ccc(Cl)cc2)C[C@H](OCc2ccc(CO)cc2)O1)N1CCCCC1. The Balaban J connectivity index is 1.49. The first-order valence-corrected chi connectivity index (χ1v) is 11.2. The monoisotopic (exact) mass is 441 g/mol. The van der Waals surface area contributed by atoms with Gasteiger partial charge in [-0.15, -0.1) is 0 Å². The quantitative estimate of drug-likeness (QED) is 0.701. The first kappa shape index (κ1) is 21.9. The minimum absolute atomic E-state index is 0.0107. The molecule has 0 unspecified atom stereocenters. The summed E-state index contributed by atoms with van der Waals surface area (Å²) in [6.07, 6.45) is 5.25. The van der Waals surface area contributed by atoms with Crippen LogP contribution in [0.3, 0.4) is 0 Å². The molecule has 1 fully saturated rings. The Labute approximate surface area is 188 Å². The lowest BCUT2D eigenvalue weighted by atomic mass is 9.92. The van der Waals surface area contributed by atoms with Gasteiger partial charge in [-0.1, -0.05) is 48.0 Å². The number of hydrogen-bond donors (Lipinski definition) is 1. The van der Waals surface area contributed by atoms with E-state index in [1.165, 1.54) is 0 Å². The van der Waals surface area contributed by atoms with Crippen LogP contribution in [-0.2, 0) is 27.5 Å². The summed E-state index contributed by atoms with van der Waals surface area (Å²) in [5.41, 5.74) is 2.93. The maximum Gasteiger partial charge on any atom is 0.288 e. The van der Waals surface area contributed by atoms with Crippen molar-refractivity contribution in [2.24, 2.45) is 0 Å².